The Bertz CT molecular complexity index is 3270. The molecule has 0 bridgehead atoms. The minimum atomic E-state index is -0.225. The third kappa shape index (κ3) is 6.35. The second-order valence-corrected chi connectivity index (χ2v) is 21.9. The van der Waals surface area contributed by atoms with Crippen LogP contribution in [0.15, 0.2) is 252 Å². The summed E-state index contributed by atoms with van der Waals surface area (Å²) in [5.74, 6) is 0.472. The molecule has 0 unspecified atom stereocenters. The number of hydrogen-bond acceptors (Lipinski definition) is 6. The Balaban J connectivity index is 0.891. The maximum absolute atomic E-state index is 6.22. The van der Waals surface area contributed by atoms with Gasteiger partial charge in [-0.25, -0.2) is 0 Å². The lowest BCUT2D eigenvalue weighted by Gasteiger charge is -2.25. The molecule has 6 fully saturated rings. The molecule has 0 aliphatic heterocycles. The molecule has 6 aromatic carbocycles. The quantitative estimate of drug-likeness (QED) is 0.115. The van der Waals surface area contributed by atoms with Crippen LogP contribution in [0.25, 0.3) is 33.8 Å². The third-order valence-electron chi connectivity index (χ3n) is 18.2. The summed E-state index contributed by atoms with van der Waals surface area (Å²) < 4.78 is 0. The van der Waals surface area contributed by atoms with Crippen molar-refractivity contribution in [2.45, 2.75) is 55.1 Å². The standard InChI is InChI=1S/C67H52N6/c1-4-16-49(17-5-1)58(52-31-25-46(26-32-52)55-22-10-13-37-68-55)71-65-40-62(65)44-66(72-59(50-18-6-2-7-19-50)53-33-27-47(28-34-53)56-23-11-14-38-69-56)42-64(66)45-67(41-63(67,43-65)61(62)64)73-60(51-20-8-3-9-21-51)54-35-29-48(30-36-54)57-24-12-15-39-70-57/h1-39,61H,40-45H2. The van der Waals surface area contributed by atoms with Gasteiger partial charge < -0.3 is 0 Å². The fourth-order valence-corrected chi connectivity index (χ4v) is 15.3. The summed E-state index contributed by atoms with van der Waals surface area (Å²) in [4.78, 5) is 32.7. The van der Waals surface area contributed by atoms with Gasteiger partial charge in [0.05, 0.1) is 50.8 Å². The van der Waals surface area contributed by atoms with Crippen LogP contribution < -0.4 is 0 Å². The molecular formula is C67H52N6. The number of aromatic nitrogens is 3. The smallest absolute Gasteiger partial charge is 0.0726 e. The van der Waals surface area contributed by atoms with Crippen molar-refractivity contribution in [1.82, 2.24) is 15.0 Å². The van der Waals surface area contributed by atoms with Crippen LogP contribution in [0, 0.1) is 22.2 Å². The molecule has 3 aromatic heterocycles. The molecule has 6 aliphatic carbocycles. The Labute approximate surface area is 426 Å². The fourth-order valence-electron chi connectivity index (χ4n) is 15.3. The zero-order valence-corrected chi connectivity index (χ0v) is 40.5. The van der Waals surface area contributed by atoms with Gasteiger partial charge in [-0.2, -0.15) is 0 Å². The second kappa shape index (κ2) is 15.6. The zero-order valence-electron chi connectivity index (χ0n) is 40.5. The van der Waals surface area contributed by atoms with Gasteiger partial charge in [0.2, 0.25) is 0 Å². The number of pyridine rings is 3. The summed E-state index contributed by atoms with van der Waals surface area (Å²) in [6, 6.07) is 77.9. The molecule has 6 nitrogen and oxygen atoms in total. The molecule has 6 aliphatic rings. The summed E-state index contributed by atoms with van der Waals surface area (Å²) in [5.41, 5.74) is 15.8. The number of benzene rings is 6. The van der Waals surface area contributed by atoms with Gasteiger partial charge in [0.25, 0.3) is 0 Å². The summed E-state index contributed by atoms with van der Waals surface area (Å²) >= 11 is 0. The average Bonchev–Trinajstić information content (AvgIpc) is 4.36. The van der Waals surface area contributed by atoms with Gasteiger partial charge in [0.1, 0.15) is 0 Å². The number of rotatable bonds is 12. The molecule has 73 heavy (non-hydrogen) atoms. The van der Waals surface area contributed by atoms with Crippen LogP contribution in [-0.4, -0.2) is 48.7 Å². The van der Waals surface area contributed by atoms with Gasteiger partial charge in [-0.05, 0) is 80.8 Å². The molecule has 3 heterocycles. The molecule has 0 radical (unpaired) electrons. The van der Waals surface area contributed by atoms with Crippen LogP contribution >= 0.6 is 0 Å². The summed E-state index contributed by atoms with van der Waals surface area (Å²) in [6.07, 6.45) is 12.0. The van der Waals surface area contributed by atoms with Crippen LogP contribution in [0.3, 0.4) is 0 Å². The predicted molar refractivity (Wildman–Crippen MR) is 292 cm³/mol. The van der Waals surface area contributed by atoms with Gasteiger partial charge in [0, 0.05) is 84.9 Å². The number of hydrogen-bond donors (Lipinski definition) is 0. The Morgan fingerprint density at radius 2 is 0.534 bits per heavy atom. The lowest BCUT2D eigenvalue weighted by Crippen LogP contribution is -2.23. The molecular weight excluding hydrogens is 889 g/mol. The van der Waals surface area contributed by atoms with Crippen LogP contribution in [-0.2, 0) is 0 Å². The first-order chi connectivity index (χ1) is 35.9. The van der Waals surface area contributed by atoms with Gasteiger partial charge >= 0.3 is 0 Å². The largest absolute Gasteiger partial charge is 0.277 e. The SMILES string of the molecule is c1ccc(C(=NC23CC24CC2(N=C(c5ccccc5)c5ccc(-c6ccccn6)cc5)CC25CC2(N=C(c6ccccc6)c6ccc(-c7ccccn7)cc6)CC2(C3)C45)c2ccc(-c3ccccn3)cc2)cc1. The molecule has 0 N–H and O–H groups in total. The first-order valence-electron chi connectivity index (χ1n) is 26.0. The Kier molecular flexibility index (Phi) is 9.10. The molecule has 9 aromatic rings. The first-order valence-corrected chi connectivity index (χ1v) is 26.0. The number of nitrogens with zero attached hydrogens (tertiary/aromatic N) is 6. The van der Waals surface area contributed by atoms with E-state index >= 15 is 0 Å². The van der Waals surface area contributed by atoms with Crippen molar-refractivity contribution < 1.29 is 0 Å². The average molecular weight is 941 g/mol. The van der Waals surface area contributed by atoms with Crippen molar-refractivity contribution in [3.05, 3.63) is 270 Å². The summed E-state index contributed by atoms with van der Waals surface area (Å²) in [7, 11) is 0. The lowest BCUT2D eigenvalue weighted by atomic mass is 9.77. The zero-order chi connectivity index (χ0) is 48.3. The Hall–Kier alpha value is -8.22. The topological polar surface area (TPSA) is 75.8 Å². The van der Waals surface area contributed by atoms with E-state index < -0.39 is 0 Å². The second-order valence-electron chi connectivity index (χ2n) is 21.9. The molecule has 6 heteroatoms. The minimum absolute atomic E-state index is 0.0261. The van der Waals surface area contributed by atoms with E-state index in [2.05, 4.69) is 215 Å². The van der Waals surface area contributed by atoms with Crippen LogP contribution in [0.2, 0.25) is 0 Å². The van der Waals surface area contributed by atoms with E-state index in [1.54, 1.807) is 0 Å². The minimum Gasteiger partial charge on any atom is -0.277 e. The third-order valence-corrected chi connectivity index (χ3v) is 18.2. The maximum Gasteiger partial charge on any atom is 0.0726 e. The highest BCUT2D eigenvalue weighted by Gasteiger charge is 3.04. The molecule has 15 rings (SSSR count). The van der Waals surface area contributed by atoms with Gasteiger partial charge in [-0.3, -0.25) is 29.9 Å². The normalized spacial score (nSPS) is 28.9. The van der Waals surface area contributed by atoms with E-state index in [1.165, 1.54) is 0 Å². The van der Waals surface area contributed by atoms with Gasteiger partial charge in [-0.1, -0.05) is 182 Å². The van der Waals surface area contributed by atoms with Crippen LogP contribution in [0.5, 0.6) is 0 Å². The van der Waals surface area contributed by atoms with E-state index in [4.69, 9.17) is 15.0 Å². The van der Waals surface area contributed by atoms with Gasteiger partial charge in [-0.15, -0.1) is 0 Å². The molecule has 0 atom stereocenters. The van der Waals surface area contributed by atoms with Crippen LogP contribution in [0.1, 0.15) is 71.9 Å². The van der Waals surface area contributed by atoms with Crippen molar-refractivity contribution in [3.8, 4) is 33.8 Å². The highest BCUT2D eigenvalue weighted by molar-refractivity contribution is 6.15. The monoisotopic (exact) mass is 940 g/mol. The molecule has 0 saturated heterocycles. The van der Waals surface area contributed by atoms with E-state index in [0.29, 0.717) is 5.92 Å². The highest BCUT2D eigenvalue weighted by Crippen LogP contribution is 3.04. The maximum atomic E-state index is 6.22. The summed E-state index contributed by atoms with van der Waals surface area (Å²) in [5, 5.41) is 0. The van der Waals surface area contributed by atoms with Crippen molar-refractivity contribution in [1.29, 1.82) is 0 Å². The van der Waals surface area contributed by atoms with E-state index in [9.17, 15) is 0 Å². The first kappa shape index (κ1) is 42.5. The molecule has 6 saturated carbocycles. The van der Waals surface area contributed by atoms with Crippen LogP contribution in [0.4, 0.5) is 0 Å². The summed E-state index contributed by atoms with van der Waals surface area (Å²) in [6.45, 7) is 0. The fraction of sp³-hybridized carbons (Fsp3) is 0.194. The van der Waals surface area contributed by atoms with E-state index in [1.807, 2.05) is 36.8 Å². The molecule has 0 amide bonds. The van der Waals surface area contributed by atoms with Crippen molar-refractivity contribution in [2.75, 3.05) is 0 Å². The Morgan fingerprint density at radius 1 is 0.288 bits per heavy atom. The lowest BCUT2D eigenvalue weighted by molar-refractivity contribution is 0.205. The van der Waals surface area contributed by atoms with Crippen molar-refractivity contribution in [3.63, 3.8) is 0 Å². The van der Waals surface area contributed by atoms with E-state index in [0.717, 1.165) is 123 Å². The molecule has 3 spiro atoms. The highest BCUT2D eigenvalue weighted by atomic mass is 15.2. The van der Waals surface area contributed by atoms with E-state index in [-0.39, 0.29) is 32.9 Å². The van der Waals surface area contributed by atoms with Crippen molar-refractivity contribution >= 4 is 17.1 Å². The Morgan fingerprint density at radius 3 is 0.781 bits per heavy atom. The van der Waals surface area contributed by atoms with Crippen molar-refractivity contribution in [2.24, 2.45) is 37.1 Å². The molecule has 350 valence electrons. The predicted octanol–water partition coefficient (Wildman–Crippen LogP) is 14.0. The number of aliphatic imine (C=N–C) groups is 3. The van der Waals surface area contributed by atoms with Gasteiger partial charge in [0.15, 0.2) is 0 Å².